The van der Waals surface area contributed by atoms with Crippen molar-refractivity contribution in [2.75, 3.05) is 5.32 Å². The average Bonchev–Trinajstić information content (AvgIpc) is 2.82. The first-order chi connectivity index (χ1) is 9.25. The number of nitrogens with one attached hydrogen (secondary N) is 1. The third kappa shape index (κ3) is 2.12. The van der Waals surface area contributed by atoms with E-state index < -0.39 is 0 Å². The maximum absolute atomic E-state index is 9.85. The molecule has 0 aliphatic rings. The van der Waals surface area contributed by atoms with E-state index in [1.54, 1.807) is 12.3 Å². The highest BCUT2D eigenvalue weighted by atomic mass is 16.3. The first-order valence-electron chi connectivity index (χ1n) is 6.17. The van der Waals surface area contributed by atoms with Crippen molar-refractivity contribution >= 4 is 16.5 Å². The van der Waals surface area contributed by atoms with Crippen LogP contribution < -0.4 is 5.32 Å². The highest BCUT2D eigenvalue weighted by molar-refractivity contribution is 5.97. The Labute approximate surface area is 111 Å². The molecule has 0 spiro atoms. The van der Waals surface area contributed by atoms with Crippen LogP contribution in [0.1, 0.15) is 5.69 Å². The highest BCUT2D eigenvalue weighted by Crippen LogP contribution is 2.29. The zero-order chi connectivity index (χ0) is 13.2. The summed E-state index contributed by atoms with van der Waals surface area (Å²) >= 11 is 0. The van der Waals surface area contributed by atoms with Crippen molar-refractivity contribution in [2.45, 2.75) is 6.54 Å². The highest BCUT2D eigenvalue weighted by Gasteiger charge is 2.04. The maximum atomic E-state index is 9.85. The number of phenols is 1. The molecule has 2 aromatic carbocycles. The van der Waals surface area contributed by atoms with E-state index >= 15 is 0 Å². The number of nitrogens with zero attached hydrogens (tertiary/aromatic N) is 2. The first kappa shape index (κ1) is 11.6. The first-order valence-corrected chi connectivity index (χ1v) is 6.17. The van der Waals surface area contributed by atoms with Gasteiger partial charge in [-0.3, -0.25) is 4.68 Å². The zero-order valence-electron chi connectivity index (χ0n) is 10.7. The molecule has 4 heteroatoms. The van der Waals surface area contributed by atoms with Crippen LogP contribution in [-0.4, -0.2) is 14.9 Å². The number of aryl methyl sites for hydroxylation is 1. The van der Waals surface area contributed by atoms with Gasteiger partial charge in [-0.15, -0.1) is 0 Å². The van der Waals surface area contributed by atoms with Gasteiger partial charge in [-0.1, -0.05) is 24.3 Å². The number of aromatic nitrogens is 2. The lowest BCUT2D eigenvalue weighted by Gasteiger charge is -2.10. The standard InChI is InChI=1S/C15H15N3O/c1-18-11(8-9-17-18)10-16-14-6-2-5-13-12(14)4-3-7-15(13)19/h2-9,16,19H,10H2,1H3. The molecule has 3 rings (SSSR count). The lowest BCUT2D eigenvalue weighted by atomic mass is 10.1. The second kappa shape index (κ2) is 4.65. The predicted octanol–water partition coefficient (Wildman–Crippen LogP) is 2.89. The number of hydrogen-bond donors (Lipinski definition) is 2. The van der Waals surface area contributed by atoms with Gasteiger partial charge >= 0.3 is 0 Å². The number of anilines is 1. The summed E-state index contributed by atoms with van der Waals surface area (Å²) in [6, 6.07) is 13.4. The largest absolute Gasteiger partial charge is 0.507 e. The topological polar surface area (TPSA) is 50.1 Å². The maximum Gasteiger partial charge on any atom is 0.123 e. The monoisotopic (exact) mass is 253 g/mol. The fraction of sp³-hybridized carbons (Fsp3) is 0.133. The Balaban J connectivity index is 1.93. The van der Waals surface area contributed by atoms with Crippen LogP contribution >= 0.6 is 0 Å². The fourth-order valence-corrected chi connectivity index (χ4v) is 2.21. The molecule has 1 aromatic heterocycles. The quantitative estimate of drug-likeness (QED) is 0.754. The molecule has 2 N–H and O–H groups in total. The van der Waals surface area contributed by atoms with Crippen LogP contribution in [0.25, 0.3) is 10.8 Å². The number of benzene rings is 2. The molecule has 0 radical (unpaired) electrons. The third-order valence-electron chi connectivity index (χ3n) is 3.28. The SMILES string of the molecule is Cn1nccc1CNc1cccc2c(O)cccc12. The van der Waals surface area contributed by atoms with Gasteiger partial charge < -0.3 is 10.4 Å². The van der Waals surface area contributed by atoms with Crippen molar-refractivity contribution in [1.82, 2.24) is 9.78 Å². The summed E-state index contributed by atoms with van der Waals surface area (Å²) < 4.78 is 1.84. The molecule has 0 amide bonds. The van der Waals surface area contributed by atoms with Gasteiger partial charge in [0.05, 0.1) is 12.2 Å². The molecular formula is C15H15N3O. The Morgan fingerprint density at radius 3 is 2.68 bits per heavy atom. The smallest absolute Gasteiger partial charge is 0.123 e. The van der Waals surface area contributed by atoms with Crippen LogP contribution in [0.15, 0.2) is 48.7 Å². The Kier molecular flexibility index (Phi) is 2.83. The molecule has 0 aliphatic carbocycles. The minimum Gasteiger partial charge on any atom is -0.507 e. The van der Waals surface area contributed by atoms with E-state index in [2.05, 4.69) is 10.4 Å². The average molecular weight is 253 g/mol. The molecule has 0 atom stereocenters. The summed E-state index contributed by atoms with van der Waals surface area (Å²) in [6.45, 7) is 0.700. The molecule has 96 valence electrons. The summed E-state index contributed by atoms with van der Waals surface area (Å²) in [5.41, 5.74) is 2.12. The second-order valence-corrected chi connectivity index (χ2v) is 4.48. The molecule has 0 unspecified atom stereocenters. The number of rotatable bonds is 3. The van der Waals surface area contributed by atoms with Crippen molar-refractivity contribution < 1.29 is 5.11 Å². The van der Waals surface area contributed by atoms with Gasteiger partial charge in [0.1, 0.15) is 5.75 Å². The Hall–Kier alpha value is -2.49. The third-order valence-corrected chi connectivity index (χ3v) is 3.28. The van der Waals surface area contributed by atoms with E-state index in [1.165, 1.54) is 0 Å². The van der Waals surface area contributed by atoms with Crippen molar-refractivity contribution in [1.29, 1.82) is 0 Å². The lowest BCUT2D eigenvalue weighted by Crippen LogP contribution is -2.05. The number of aromatic hydroxyl groups is 1. The van der Waals surface area contributed by atoms with Crippen LogP contribution in [-0.2, 0) is 13.6 Å². The minimum absolute atomic E-state index is 0.307. The van der Waals surface area contributed by atoms with E-state index in [0.717, 1.165) is 22.2 Å². The van der Waals surface area contributed by atoms with Crippen LogP contribution in [0.2, 0.25) is 0 Å². The minimum atomic E-state index is 0.307. The van der Waals surface area contributed by atoms with Gasteiger partial charge in [0.2, 0.25) is 0 Å². The summed E-state index contributed by atoms with van der Waals surface area (Å²) in [6.07, 6.45) is 1.78. The van der Waals surface area contributed by atoms with Gasteiger partial charge in [-0.25, -0.2) is 0 Å². The molecule has 19 heavy (non-hydrogen) atoms. The van der Waals surface area contributed by atoms with Crippen LogP contribution in [0.3, 0.4) is 0 Å². The summed E-state index contributed by atoms with van der Waals surface area (Å²) in [4.78, 5) is 0. The molecular weight excluding hydrogens is 238 g/mol. The second-order valence-electron chi connectivity index (χ2n) is 4.48. The van der Waals surface area contributed by atoms with Gasteiger partial charge in [0.25, 0.3) is 0 Å². The summed E-state index contributed by atoms with van der Waals surface area (Å²) in [5, 5.41) is 19.3. The van der Waals surface area contributed by atoms with E-state index in [9.17, 15) is 5.11 Å². The number of phenolic OH excluding ortho intramolecular Hbond substituents is 1. The van der Waals surface area contributed by atoms with Crippen molar-refractivity contribution in [2.24, 2.45) is 7.05 Å². The van der Waals surface area contributed by atoms with E-state index in [0.29, 0.717) is 12.3 Å². The molecule has 3 aromatic rings. The van der Waals surface area contributed by atoms with Crippen molar-refractivity contribution in [3.05, 3.63) is 54.4 Å². The predicted molar refractivity (Wildman–Crippen MR) is 76.1 cm³/mol. The molecule has 0 fully saturated rings. The number of hydrogen-bond acceptors (Lipinski definition) is 3. The fourth-order valence-electron chi connectivity index (χ4n) is 2.21. The molecule has 0 saturated heterocycles. The Morgan fingerprint density at radius 2 is 1.89 bits per heavy atom. The van der Waals surface area contributed by atoms with Gasteiger partial charge in [-0.2, -0.15) is 5.10 Å². The molecule has 4 nitrogen and oxygen atoms in total. The van der Waals surface area contributed by atoms with Crippen molar-refractivity contribution in [3.8, 4) is 5.75 Å². The zero-order valence-corrected chi connectivity index (χ0v) is 10.7. The molecule has 1 heterocycles. The Bertz CT molecular complexity index is 718. The van der Waals surface area contributed by atoms with Gasteiger partial charge in [0, 0.05) is 29.7 Å². The van der Waals surface area contributed by atoms with Crippen LogP contribution in [0.4, 0.5) is 5.69 Å². The van der Waals surface area contributed by atoms with Gasteiger partial charge in [-0.05, 0) is 18.2 Å². The van der Waals surface area contributed by atoms with Crippen LogP contribution in [0.5, 0.6) is 5.75 Å². The normalized spacial score (nSPS) is 10.8. The van der Waals surface area contributed by atoms with Crippen LogP contribution in [0, 0.1) is 0 Å². The summed E-state index contributed by atoms with van der Waals surface area (Å²) in [5.74, 6) is 0.307. The Morgan fingerprint density at radius 1 is 1.11 bits per heavy atom. The van der Waals surface area contributed by atoms with Crippen molar-refractivity contribution in [3.63, 3.8) is 0 Å². The molecule has 0 aliphatic heterocycles. The van der Waals surface area contributed by atoms with E-state index in [-0.39, 0.29) is 0 Å². The van der Waals surface area contributed by atoms with E-state index in [1.807, 2.05) is 48.1 Å². The number of fused-ring (bicyclic) bond motifs is 1. The molecule has 0 bridgehead atoms. The molecule has 0 saturated carbocycles. The summed E-state index contributed by atoms with van der Waals surface area (Å²) in [7, 11) is 1.92. The lowest BCUT2D eigenvalue weighted by molar-refractivity contribution is 0.481. The van der Waals surface area contributed by atoms with Gasteiger partial charge in [0.15, 0.2) is 0 Å². The van der Waals surface area contributed by atoms with E-state index in [4.69, 9.17) is 0 Å².